The first kappa shape index (κ1) is 61.9. The Hall–Kier alpha value is -4.12. The fourth-order valence-corrected chi connectivity index (χ4v) is 7.78. The molecule has 0 saturated carbocycles. The zero-order valence-electron chi connectivity index (χ0n) is 41.3. The van der Waals surface area contributed by atoms with Crippen LogP contribution in [0.15, 0.2) is 49.6 Å². The minimum Gasteiger partial charge on any atom is -0.369 e. The van der Waals surface area contributed by atoms with Crippen molar-refractivity contribution in [3.8, 4) is 0 Å². The number of ether oxygens (including phenoxy) is 4. The molecule has 0 radical (unpaired) electrons. The van der Waals surface area contributed by atoms with Crippen LogP contribution in [0.5, 0.6) is 0 Å². The van der Waals surface area contributed by atoms with Crippen LogP contribution in [0.3, 0.4) is 0 Å². The van der Waals surface area contributed by atoms with E-state index < -0.39 is 85.1 Å². The van der Waals surface area contributed by atoms with Gasteiger partial charge in [-0.25, -0.2) is 83.8 Å². The number of primary sulfonamides is 2. The van der Waals surface area contributed by atoms with E-state index in [-0.39, 0.29) is 0 Å². The van der Waals surface area contributed by atoms with Crippen LogP contribution in [-0.4, -0.2) is 133 Å². The van der Waals surface area contributed by atoms with Crippen LogP contribution in [0.25, 0.3) is 0 Å². The van der Waals surface area contributed by atoms with Crippen LogP contribution in [0, 0.1) is 27.7 Å². The van der Waals surface area contributed by atoms with Crippen molar-refractivity contribution in [3.05, 3.63) is 95.1 Å². The predicted octanol–water partition coefficient (Wildman–Crippen LogP) is 3.67. The number of nitrogens with two attached hydrogens (primary N) is 2. The maximum atomic E-state index is 11.6. The number of rotatable bonds is 20. The molecular formula is C42H70N10O12S4. The lowest BCUT2D eigenvalue weighted by Crippen LogP contribution is -2.33. The fraction of sp³-hybridized carbons (Fsp3) is 0.619. The van der Waals surface area contributed by atoms with Gasteiger partial charge in [-0.2, -0.15) is 0 Å². The van der Waals surface area contributed by atoms with Gasteiger partial charge < -0.3 is 18.9 Å². The van der Waals surface area contributed by atoms with Gasteiger partial charge in [0.25, 0.3) is 0 Å². The molecule has 0 aliphatic rings. The molecule has 384 valence electrons. The topological polar surface area (TPSA) is 329 Å². The Labute approximate surface area is 403 Å². The molecule has 0 bridgehead atoms. The van der Waals surface area contributed by atoms with Crippen molar-refractivity contribution in [3.63, 3.8) is 0 Å². The third kappa shape index (κ3) is 21.3. The molecular weight excluding hydrogens is 965 g/mol. The van der Waals surface area contributed by atoms with Crippen molar-refractivity contribution in [2.75, 3.05) is 38.9 Å². The van der Waals surface area contributed by atoms with Gasteiger partial charge >= 0.3 is 0 Å². The standard InChI is InChI=1S/2C11H18N2O3S.2C10H17N3O3S/c2*1-5-16-10(9(3)17(4,14)15)11-12-6-8(2)7-13-11;2*1-4-16-9(8(3)17(11,14)15)10-12-5-7(2)6-13-10/h2*6-7,9-10H,5H2,1-4H3;2*5-6,8-9H,4H2,1-3H3,(H2,11,14,15)/t2*9-,10-;2*8-,9-/m1010/s1. The molecule has 26 heteroatoms. The molecule has 68 heavy (non-hydrogen) atoms. The lowest BCUT2D eigenvalue weighted by atomic mass is 10.2. The average Bonchev–Trinajstić information content (AvgIpc) is 3.26. The van der Waals surface area contributed by atoms with Crippen molar-refractivity contribution in [2.24, 2.45) is 10.3 Å². The second kappa shape index (κ2) is 28.5. The zero-order valence-corrected chi connectivity index (χ0v) is 44.6. The Balaban J connectivity index is 0.000000453. The SMILES string of the molecule is CCO[C@@H](c1ncc(C)cn1)[C@@H](C)S(C)(=O)=O.CCO[C@@H](c1ncc(C)cn1)[C@@H](C)S(N)(=O)=O.CCO[C@H](c1ncc(C)cn1)[C@H](C)S(C)(=O)=O.CCO[C@H](c1ncc(C)cn1)[C@H](C)S(N)(=O)=O. The highest BCUT2D eigenvalue weighted by atomic mass is 32.2. The van der Waals surface area contributed by atoms with E-state index in [0.29, 0.717) is 49.7 Å². The van der Waals surface area contributed by atoms with E-state index in [0.717, 1.165) is 22.3 Å². The van der Waals surface area contributed by atoms with Gasteiger partial charge in [-0.05, 0) is 105 Å². The summed E-state index contributed by atoms with van der Waals surface area (Å²) in [6.45, 7) is 22.4. The molecule has 4 aromatic heterocycles. The molecule has 0 aliphatic carbocycles. The van der Waals surface area contributed by atoms with Gasteiger partial charge in [0.15, 0.2) is 43.0 Å². The molecule has 0 saturated heterocycles. The lowest BCUT2D eigenvalue weighted by Gasteiger charge is -2.21. The summed E-state index contributed by atoms with van der Waals surface area (Å²) in [5.41, 5.74) is 3.64. The van der Waals surface area contributed by atoms with Gasteiger partial charge in [-0.1, -0.05) is 0 Å². The molecule has 0 aromatic carbocycles. The summed E-state index contributed by atoms with van der Waals surface area (Å²) >= 11 is 0. The minimum atomic E-state index is -3.69. The molecule has 22 nitrogen and oxygen atoms in total. The maximum absolute atomic E-state index is 11.6. The van der Waals surface area contributed by atoms with Crippen molar-refractivity contribution in [1.29, 1.82) is 0 Å². The fourth-order valence-electron chi connectivity index (χ4n) is 5.39. The predicted molar refractivity (Wildman–Crippen MR) is 258 cm³/mol. The number of sulfone groups is 2. The van der Waals surface area contributed by atoms with Gasteiger partial charge in [0, 0.05) is 88.5 Å². The van der Waals surface area contributed by atoms with E-state index in [4.69, 9.17) is 29.2 Å². The Kier molecular flexibility index (Phi) is 26.0. The second-order valence-corrected chi connectivity index (χ2v) is 24.3. The van der Waals surface area contributed by atoms with Crippen molar-refractivity contribution in [2.45, 2.75) is 129 Å². The highest BCUT2D eigenvalue weighted by Gasteiger charge is 2.33. The summed E-state index contributed by atoms with van der Waals surface area (Å²) < 4.78 is 113. The monoisotopic (exact) mass is 1030 g/mol. The van der Waals surface area contributed by atoms with Crippen LogP contribution in [0.2, 0.25) is 0 Å². The molecule has 0 aliphatic heterocycles. The third-order valence-corrected chi connectivity index (χ3v) is 15.5. The van der Waals surface area contributed by atoms with E-state index >= 15 is 0 Å². The molecule has 0 amide bonds. The van der Waals surface area contributed by atoms with E-state index in [1.807, 2.05) is 41.5 Å². The maximum Gasteiger partial charge on any atom is 0.214 e. The van der Waals surface area contributed by atoms with Gasteiger partial charge in [-0.3, -0.25) is 0 Å². The summed E-state index contributed by atoms with van der Waals surface area (Å²) in [5.74, 6) is 1.49. The van der Waals surface area contributed by atoms with Crippen molar-refractivity contribution in [1.82, 2.24) is 39.9 Å². The van der Waals surface area contributed by atoms with Crippen LogP contribution >= 0.6 is 0 Å². The van der Waals surface area contributed by atoms with E-state index in [1.54, 1.807) is 77.3 Å². The summed E-state index contributed by atoms with van der Waals surface area (Å²) in [6, 6.07) is 0. The van der Waals surface area contributed by atoms with Crippen LogP contribution in [-0.2, 0) is 58.7 Å². The molecule has 4 heterocycles. The van der Waals surface area contributed by atoms with Crippen molar-refractivity contribution >= 4 is 39.7 Å². The van der Waals surface area contributed by atoms with E-state index in [9.17, 15) is 33.7 Å². The summed E-state index contributed by atoms with van der Waals surface area (Å²) in [4.78, 5) is 32.8. The summed E-state index contributed by atoms with van der Waals surface area (Å²) in [5, 5.41) is 7.14. The molecule has 4 aromatic rings. The van der Waals surface area contributed by atoms with Gasteiger partial charge in [0.05, 0.1) is 10.5 Å². The summed E-state index contributed by atoms with van der Waals surface area (Å²) in [6.07, 6.45) is 12.8. The highest BCUT2D eigenvalue weighted by molar-refractivity contribution is 7.91. The number of aromatic nitrogens is 8. The van der Waals surface area contributed by atoms with Gasteiger partial charge in [0.1, 0.15) is 34.9 Å². The average molecular weight is 1040 g/mol. The van der Waals surface area contributed by atoms with Gasteiger partial charge in [-0.15, -0.1) is 0 Å². The molecule has 8 atom stereocenters. The first-order valence-corrected chi connectivity index (χ1v) is 28.6. The van der Waals surface area contributed by atoms with E-state index in [2.05, 4.69) is 39.9 Å². The zero-order chi connectivity index (χ0) is 52.2. The van der Waals surface area contributed by atoms with Gasteiger partial charge in [0.2, 0.25) is 20.0 Å². The first-order valence-electron chi connectivity index (χ1n) is 21.5. The van der Waals surface area contributed by atoms with E-state index in [1.165, 1.54) is 26.4 Å². The Morgan fingerprint density at radius 1 is 0.382 bits per heavy atom. The molecule has 4 N–H and O–H groups in total. The number of hydrogen-bond acceptors (Lipinski definition) is 20. The number of nitrogens with zero attached hydrogens (tertiary/aromatic N) is 8. The first-order chi connectivity index (χ1) is 31.4. The Morgan fingerprint density at radius 3 is 0.676 bits per heavy atom. The molecule has 0 fully saturated rings. The second-order valence-electron chi connectivity index (χ2n) is 15.6. The normalized spacial score (nSPS) is 15.5. The highest BCUT2D eigenvalue weighted by Crippen LogP contribution is 2.25. The molecule has 0 spiro atoms. The lowest BCUT2D eigenvalue weighted by molar-refractivity contribution is 0.0555. The van der Waals surface area contributed by atoms with Crippen LogP contribution in [0.4, 0.5) is 0 Å². The van der Waals surface area contributed by atoms with Crippen LogP contribution < -0.4 is 10.3 Å². The summed E-state index contributed by atoms with van der Waals surface area (Å²) in [7, 11) is -13.8. The smallest absolute Gasteiger partial charge is 0.214 e. The quantitative estimate of drug-likeness (QED) is 0.127. The molecule has 0 unspecified atom stereocenters. The third-order valence-electron chi connectivity index (χ3n) is 9.70. The van der Waals surface area contributed by atoms with Crippen LogP contribution in [0.1, 0.15) is 125 Å². The number of aryl methyl sites for hydroxylation is 4. The number of hydrogen-bond donors (Lipinski definition) is 2. The largest absolute Gasteiger partial charge is 0.369 e. The minimum absolute atomic E-state index is 0.332. The Morgan fingerprint density at radius 2 is 0.544 bits per heavy atom. The Bertz CT molecular complexity index is 2190. The van der Waals surface area contributed by atoms with Crippen molar-refractivity contribution < 1.29 is 52.6 Å². The molecule has 4 rings (SSSR count). The number of sulfonamides is 2.